The van der Waals surface area contributed by atoms with E-state index < -0.39 is 0 Å². The molecule has 120 valence electrons. The zero-order chi connectivity index (χ0) is 15.4. The van der Waals surface area contributed by atoms with E-state index in [4.69, 9.17) is 5.73 Å². The van der Waals surface area contributed by atoms with Gasteiger partial charge in [-0.3, -0.25) is 9.48 Å². The second-order valence-electron chi connectivity index (χ2n) is 5.19. The Morgan fingerprint density at radius 3 is 2.45 bits per heavy atom. The van der Waals surface area contributed by atoms with Gasteiger partial charge in [0.2, 0.25) is 5.91 Å². The van der Waals surface area contributed by atoms with Crippen molar-refractivity contribution in [2.24, 2.45) is 12.8 Å². The molecule has 5 nitrogen and oxygen atoms in total. The number of hydrogen-bond donors (Lipinski definition) is 2. The quantitative estimate of drug-likeness (QED) is 0.882. The van der Waals surface area contributed by atoms with E-state index in [0.29, 0.717) is 13.1 Å². The Bertz CT molecular complexity index is 625. The SMILES string of the molecule is Cc1nn(C)c(C)c1CNC(=O)C(CN)c1ccccc1.Cl. The van der Waals surface area contributed by atoms with Crippen LogP contribution in [-0.2, 0) is 18.4 Å². The standard InChI is InChI=1S/C16H22N4O.ClH/c1-11-15(12(2)20(3)19-11)10-18-16(21)14(9-17)13-7-5-4-6-8-13;/h4-8,14H,9-10,17H2,1-3H3,(H,18,21);1H. The summed E-state index contributed by atoms with van der Waals surface area (Å²) < 4.78 is 1.83. The first-order valence-electron chi connectivity index (χ1n) is 7.06. The van der Waals surface area contributed by atoms with E-state index in [9.17, 15) is 4.79 Å². The maximum absolute atomic E-state index is 12.4. The molecule has 1 unspecified atom stereocenters. The van der Waals surface area contributed by atoms with Crippen molar-refractivity contribution in [2.75, 3.05) is 6.54 Å². The summed E-state index contributed by atoms with van der Waals surface area (Å²) >= 11 is 0. The number of nitrogens with one attached hydrogen (secondary N) is 1. The van der Waals surface area contributed by atoms with Crippen LogP contribution < -0.4 is 11.1 Å². The lowest BCUT2D eigenvalue weighted by molar-refractivity contribution is -0.122. The predicted molar refractivity (Wildman–Crippen MR) is 90.0 cm³/mol. The van der Waals surface area contributed by atoms with Gasteiger partial charge in [-0.1, -0.05) is 30.3 Å². The first-order valence-corrected chi connectivity index (χ1v) is 7.06. The van der Waals surface area contributed by atoms with E-state index in [0.717, 1.165) is 22.5 Å². The van der Waals surface area contributed by atoms with Crippen molar-refractivity contribution in [3.63, 3.8) is 0 Å². The molecule has 2 rings (SSSR count). The van der Waals surface area contributed by atoms with E-state index in [2.05, 4.69) is 10.4 Å². The van der Waals surface area contributed by atoms with Gasteiger partial charge in [0.15, 0.2) is 0 Å². The van der Waals surface area contributed by atoms with Crippen molar-refractivity contribution in [1.82, 2.24) is 15.1 Å². The Balaban J connectivity index is 0.00000242. The molecule has 0 saturated heterocycles. The van der Waals surface area contributed by atoms with Crippen LogP contribution in [0.4, 0.5) is 0 Å². The number of carbonyl (C=O) groups excluding carboxylic acids is 1. The summed E-state index contributed by atoms with van der Waals surface area (Å²) in [6.45, 7) is 4.72. The van der Waals surface area contributed by atoms with Gasteiger partial charge in [-0.2, -0.15) is 5.10 Å². The summed E-state index contributed by atoms with van der Waals surface area (Å²) in [6.07, 6.45) is 0. The van der Waals surface area contributed by atoms with Crippen LogP contribution in [0.15, 0.2) is 30.3 Å². The minimum atomic E-state index is -0.316. The van der Waals surface area contributed by atoms with Crippen molar-refractivity contribution in [3.8, 4) is 0 Å². The maximum Gasteiger partial charge on any atom is 0.229 e. The fraction of sp³-hybridized carbons (Fsp3) is 0.375. The molecule has 0 fully saturated rings. The fourth-order valence-corrected chi connectivity index (χ4v) is 2.45. The molecule has 1 aromatic heterocycles. The van der Waals surface area contributed by atoms with Crippen LogP contribution in [0.25, 0.3) is 0 Å². The second kappa shape index (κ2) is 7.96. The number of hydrogen-bond acceptors (Lipinski definition) is 3. The normalized spacial score (nSPS) is 11.6. The molecule has 0 saturated carbocycles. The molecule has 0 aliphatic rings. The number of nitrogens with two attached hydrogens (primary N) is 1. The Morgan fingerprint density at radius 1 is 1.32 bits per heavy atom. The number of aromatic nitrogens is 2. The third-order valence-electron chi connectivity index (χ3n) is 3.85. The van der Waals surface area contributed by atoms with Crippen molar-refractivity contribution in [2.45, 2.75) is 26.3 Å². The van der Waals surface area contributed by atoms with Gasteiger partial charge in [-0.15, -0.1) is 12.4 Å². The molecule has 2 aromatic rings. The average molecular weight is 323 g/mol. The van der Waals surface area contributed by atoms with E-state index in [1.807, 2.05) is 55.9 Å². The Hall–Kier alpha value is -1.85. The van der Waals surface area contributed by atoms with E-state index in [-0.39, 0.29) is 24.2 Å². The van der Waals surface area contributed by atoms with Crippen LogP contribution in [0.2, 0.25) is 0 Å². The Labute approximate surface area is 137 Å². The molecular formula is C16H23ClN4O. The number of amides is 1. The van der Waals surface area contributed by atoms with Gasteiger partial charge in [-0.05, 0) is 19.4 Å². The lowest BCUT2D eigenvalue weighted by Crippen LogP contribution is -2.33. The van der Waals surface area contributed by atoms with Gasteiger partial charge in [-0.25, -0.2) is 0 Å². The molecule has 6 heteroatoms. The molecule has 1 amide bonds. The highest BCUT2D eigenvalue weighted by atomic mass is 35.5. The molecule has 0 bridgehead atoms. The molecule has 1 aromatic carbocycles. The summed E-state index contributed by atoms with van der Waals surface area (Å²) in [7, 11) is 1.90. The van der Waals surface area contributed by atoms with Crippen molar-refractivity contribution in [3.05, 3.63) is 52.8 Å². The van der Waals surface area contributed by atoms with Crippen molar-refractivity contribution >= 4 is 18.3 Å². The summed E-state index contributed by atoms with van der Waals surface area (Å²) in [6, 6.07) is 9.62. The van der Waals surface area contributed by atoms with Gasteiger partial charge in [0.1, 0.15) is 0 Å². The first-order chi connectivity index (χ1) is 10.0. The van der Waals surface area contributed by atoms with Gasteiger partial charge in [0.25, 0.3) is 0 Å². The van der Waals surface area contributed by atoms with Crippen LogP contribution in [0.3, 0.4) is 0 Å². The number of nitrogens with zero attached hydrogens (tertiary/aromatic N) is 2. The number of rotatable bonds is 5. The van der Waals surface area contributed by atoms with Crippen LogP contribution in [-0.4, -0.2) is 22.2 Å². The fourth-order valence-electron chi connectivity index (χ4n) is 2.45. The lowest BCUT2D eigenvalue weighted by atomic mass is 9.98. The molecule has 1 atom stereocenters. The molecular weight excluding hydrogens is 300 g/mol. The summed E-state index contributed by atoms with van der Waals surface area (Å²) in [5, 5.41) is 7.32. The third-order valence-corrected chi connectivity index (χ3v) is 3.85. The van der Waals surface area contributed by atoms with Crippen LogP contribution in [0.5, 0.6) is 0 Å². The van der Waals surface area contributed by atoms with Gasteiger partial charge >= 0.3 is 0 Å². The summed E-state index contributed by atoms with van der Waals surface area (Å²) in [5.41, 5.74) is 9.78. The number of halogens is 1. The number of carbonyl (C=O) groups is 1. The lowest BCUT2D eigenvalue weighted by Gasteiger charge is -2.15. The highest BCUT2D eigenvalue weighted by molar-refractivity contribution is 5.85. The molecule has 3 N–H and O–H groups in total. The Kier molecular flexibility index (Phi) is 6.59. The minimum absolute atomic E-state index is 0. The highest BCUT2D eigenvalue weighted by Gasteiger charge is 2.19. The number of aryl methyl sites for hydroxylation is 2. The molecule has 22 heavy (non-hydrogen) atoms. The zero-order valence-electron chi connectivity index (χ0n) is 13.2. The van der Waals surface area contributed by atoms with E-state index >= 15 is 0 Å². The molecule has 1 heterocycles. The van der Waals surface area contributed by atoms with Gasteiger partial charge in [0, 0.05) is 31.4 Å². The molecule has 0 aliphatic carbocycles. The van der Waals surface area contributed by atoms with E-state index in [1.54, 1.807) is 0 Å². The second-order valence-corrected chi connectivity index (χ2v) is 5.19. The number of benzene rings is 1. The minimum Gasteiger partial charge on any atom is -0.351 e. The summed E-state index contributed by atoms with van der Waals surface area (Å²) in [5.74, 6) is -0.366. The first kappa shape index (κ1) is 18.2. The maximum atomic E-state index is 12.4. The van der Waals surface area contributed by atoms with Crippen molar-refractivity contribution < 1.29 is 4.79 Å². The van der Waals surface area contributed by atoms with E-state index in [1.165, 1.54) is 0 Å². The average Bonchev–Trinajstić information content (AvgIpc) is 2.72. The molecule has 0 spiro atoms. The van der Waals surface area contributed by atoms with Crippen LogP contribution in [0.1, 0.15) is 28.4 Å². The smallest absolute Gasteiger partial charge is 0.229 e. The highest BCUT2D eigenvalue weighted by Crippen LogP contribution is 2.16. The van der Waals surface area contributed by atoms with Crippen molar-refractivity contribution in [1.29, 1.82) is 0 Å². The largest absolute Gasteiger partial charge is 0.351 e. The van der Waals surface area contributed by atoms with Crippen LogP contribution in [0, 0.1) is 13.8 Å². The molecule has 0 aliphatic heterocycles. The topological polar surface area (TPSA) is 72.9 Å². The molecule has 0 radical (unpaired) electrons. The van der Waals surface area contributed by atoms with Gasteiger partial charge < -0.3 is 11.1 Å². The van der Waals surface area contributed by atoms with Crippen LogP contribution >= 0.6 is 12.4 Å². The summed E-state index contributed by atoms with van der Waals surface area (Å²) in [4.78, 5) is 12.4. The monoisotopic (exact) mass is 322 g/mol. The Morgan fingerprint density at radius 2 is 1.95 bits per heavy atom. The zero-order valence-corrected chi connectivity index (χ0v) is 14.0. The third kappa shape index (κ3) is 3.87. The predicted octanol–water partition coefficient (Wildman–Crippen LogP) is 1.82. The van der Waals surface area contributed by atoms with Gasteiger partial charge in [0.05, 0.1) is 11.6 Å².